The molecule has 0 spiro atoms. The van der Waals surface area contributed by atoms with Crippen LogP contribution < -0.4 is 5.32 Å². The summed E-state index contributed by atoms with van der Waals surface area (Å²) in [6, 6.07) is 0.538. The standard InChI is InChI=1S/C10H17N3/c1-13-8-9(7-12-13)10-5-3-2-4-6-11-10/h7-8,10-11H,2-6H2,1H3. The Morgan fingerprint density at radius 2 is 2.38 bits per heavy atom. The highest BCUT2D eigenvalue weighted by Crippen LogP contribution is 2.21. The zero-order chi connectivity index (χ0) is 9.10. The van der Waals surface area contributed by atoms with Gasteiger partial charge in [-0.05, 0) is 19.4 Å². The van der Waals surface area contributed by atoms with Crippen LogP contribution in [-0.4, -0.2) is 16.3 Å². The molecule has 2 heterocycles. The monoisotopic (exact) mass is 179 g/mol. The normalized spacial score (nSPS) is 24.2. The van der Waals surface area contributed by atoms with E-state index >= 15 is 0 Å². The maximum Gasteiger partial charge on any atom is 0.0537 e. The Hall–Kier alpha value is -0.830. The SMILES string of the molecule is Cn1cc(C2CCCCCN2)cn1. The van der Waals surface area contributed by atoms with E-state index in [-0.39, 0.29) is 0 Å². The van der Waals surface area contributed by atoms with Gasteiger partial charge in [-0.15, -0.1) is 0 Å². The molecule has 0 aliphatic carbocycles. The molecule has 3 heteroatoms. The predicted octanol–water partition coefficient (Wildman–Crippen LogP) is 1.62. The molecule has 1 aromatic heterocycles. The quantitative estimate of drug-likeness (QED) is 0.710. The van der Waals surface area contributed by atoms with Crippen LogP contribution in [0, 0.1) is 0 Å². The first-order chi connectivity index (χ1) is 6.36. The molecule has 1 N–H and O–H groups in total. The zero-order valence-electron chi connectivity index (χ0n) is 8.16. The molecule has 1 fully saturated rings. The van der Waals surface area contributed by atoms with Gasteiger partial charge < -0.3 is 5.32 Å². The van der Waals surface area contributed by atoms with Gasteiger partial charge in [0.2, 0.25) is 0 Å². The Kier molecular flexibility index (Phi) is 2.64. The molecule has 0 saturated carbocycles. The van der Waals surface area contributed by atoms with E-state index in [0.717, 1.165) is 6.54 Å². The fourth-order valence-corrected chi connectivity index (χ4v) is 1.93. The first-order valence-corrected chi connectivity index (χ1v) is 5.08. The third-order valence-electron chi connectivity index (χ3n) is 2.69. The first-order valence-electron chi connectivity index (χ1n) is 5.08. The van der Waals surface area contributed by atoms with E-state index in [0.29, 0.717) is 6.04 Å². The first kappa shape index (κ1) is 8.75. The van der Waals surface area contributed by atoms with Crippen LogP contribution in [0.1, 0.15) is 37.3 Å². The van der Waals surface area contributed by atoms with E-state index in [1.165, 1.54) is 31.2 Å². The summed E-state index contributed by atoms with van der Waals surface area (Å²) >= 11 is 0. The van der Waals surface area contributed by atoms with E-state index in [1.54, 1.807) is 0 Å². The van der Waals surface area contributed by atoms with Crippen LogP contribution in [0.3, 0.4) is 0 Å². The lowest BCUT2D eigenvalue weighted by Crippen LogP contribution is -2.19. The molecule has 72 valence electrons. The Bertz CT molecular complexity index is 259. The summed E-state index contributed by atoms with van der Waals surface area (Å²) < 4.78 is 1.88. The molecule has 0 bridgehead atoms. The van der Waals surface area contributed by atoms with Gasteiger partial charge in [-0.25, -0.2) is 0 Å². The van der Waals surface area contributed by atoms with Crippen LogP contribution in [0.5, 0.6) is 0 Å². The maximum absolute atomic E-state index is 4.20. The van der Waals surface area contributed by atoms with Crippen molar-refractivity contribution in [3.8, 4) is 0 Å². The van der Waals surface area contributed by atoms with Crippen LogP contribution >= 0.6 is 0 Å². The minimum Gasteiger partial charge on any atom is -0.310 e. The fraction of sp³-hybridized carbons (Fsp3) is 0.700. The fourth-order valence-electron chi connectivity index (χ4n) is 1.93. The molecule has 1 aliphatic rings. The summed E-state index contributed by atoms with van der Waals surface area (Å²) in [7, 11) is 1.97. The lowest BCUT2D eigenvalue weighted by molar-refractivity contribution is 0.534. The van der Waals surface area contributed by atoms with Crippen molar-refractivity contribution in [3.05, 3.63) is 18.0 Å². The summed E-state index contributed by atoms with van der Waals surface area (Å²) in [4.78, 5) is 0. The minimum atomic E-state index is 0.538. The van der Waals surface area contributed by atoms with E-state index < -0.39 is 0 Å². The van der Waals surface area contributed by atoms with Crippen molar-refractivity contribution in [2.24, 2.45) is 7.05 Å². The molecule has 0 radical (unpaired) electrons. The molecule has 0 amide bonds. The molecule has 2 rings (SSSR count). The van der Waals surface area contributed by atoms with E-state index in [2.05, 4.69) is 16.6 Å². The summed E-state index contributed by atoms with van der Waals surface area (Å²) in [5.74, 6) is 0. The second kappa shape index (κ2) is 3.92. The van der Waals surface area contributed by atoms with Gasteiger partial charge in [-0.2, -0.15) is 5.10 Å². The van der Waals surface area contributed by atoms with Crippen molar-refractivity contribution in [1.29, 1.82) is 0 Å². The summed E-state index contributed by atoms with van der Waals surface area (Å²) in [6.45, 7) is 1.15. The van der Waals surface area contributed by atoms with Crippen molar-refractivity contribution in [3.63, 3.8) is 0 Å². The molecule has 1 saturated heterocycles. The summed E-state index contributed by atoms with van der Waals surface area (Å²) in [6.07, 6.45) is 9.37. The van der Waals surface area contributed by atoms with Gasteiger partial charge in [0, 0.05) is 24.8 Å². The van der Waals surface area contributed by atoms with Crippen molar-refractivity contribution >= 4 is 0 Å². The van der Waals surface area contributed by atoms with Crippen molar-refractivity contribution in [2.45, 2.75) is 31.7 Å². The smallest absolute Gasteiger partial charge is 0.0537 e. The number of nitrogens with one attached hydrogen (secondary N) is 1. The zero-order valence-corrected chi connectivity index (χ0v) is 8.16. The number of nitrogens with zero attached hydrogens (tertiary/aromatic N) is 2. The number of aryl methyl sites for hydroxylation is 1. The van der Waals surface area contributed by atoms with Crippen LogP contribution in [0.25, 0.3) is 0 Å². The van der Waals surface area contributed by atoms with Crippen LogP contribution in [0.15, 0.2) is 12.4 Å². The molecule has 1 aliphatic heterocycles. The Balaban J connectivity index is 2.06. The molecule has 1 unspecified atom stereocenters. The molecule has 13 heavy (non-hydrogen) atoms. The van der Waals surface area contributed by atoms with E-state index in [4.69, 9.17) is 0 Å². The molecule has 0 aromatic carbocycles. The van der Waals surface area contributed by atoms with Crippen molar-refractivity contribution in [1.82, 2.24) is 15.1 Å². The number of hydrogen-bond acceptors (Lipinski definition) is 2. The topological polar surface area (TPSA) is 29.9 Å². The average molecular weight is 179 g/mol. The molecular formula is C10H17N3. The Morgan fingerprint density at radius 1 is 1.46 bits per heavy atom. The van der Waals surface area contributed by atoms with Crippen LogP contribution in [0.4, 0.5) is 0 Å². The minimum absolute atomic E-state index is 0.538. The average Bonchev–Trinajstić information content (AvgIpc) is 2.43. The van der Waals surface area contributed by atoms with E-state index in [1.807, 2.05) is 17.9 Å². The summed E-state index contributed by atoms with van der Waals surface area (Å²) in [5.41, 5.74) is 1.34. The Morgan fingerprint density at radius 3 is 3.15 bits per heavy atom. The second-order valence-electron chi connectivity index (χ2n) is 3.80. The van der Waals surface area contributed by atoms with Crippen LogP contribution in [0.2, 0.25) is 0 Å². The van der Waals surface area contributed by atoms with Crippen LogP contribution in [-0.2, 0) is 7.05 Å². The van der Waals surface area contributed by atoms with Gasteiger partial charge >= 0.3 is 0 Å². The maximum atomic E-state index is 4.20. The van der Waals surface area contributed by atoms with Gasteiger partial charge in [-0.1, -0.05) is 12.8 Å². The van der Waals surface area contributed by atoms with Crippen molar-refractivity contribution < 1.29 is 0 Å². The lowest BCUT2D eigenvalue weighted by atomic mass is 10.1. The lowest BCUT2D eigenvalue weighted by Gasteiger charge is -2.12. The van der Waals surface area contributed by atoms with Gasteiger partial charge in [0.05, 0.1) is 6.20 Å². The van der Waals surface area contributed by atoms with Gasteiger partial charge in [0.25, 0.3) is 0 Å². The predicted molar refractivity (Wildman–Crippen MR) is 52.4 cm³/mol. The molecule has 1 aromatic rings. The molecular weight excluding hydrogens is 162 g/mol. The highest BCUT2D eigenvalue weighted by Gasteiger charge is 2.14. The van der Waals surface area contributed by atoms with Crippen molar-refractivity contribution in [2.75, 3.05) is 6.54 Å². The third kappa shape index (κ3) is 2.10. The second-order valence-corrected chi connectivity index (χ2v) is 3.80. The molecule has 3 nitrogen and oxygen atoms in total. The summed E-state index contributed by atoms with van der Waals surface area (Å²) in [5, 5.41) is 7.76. The molecule has 1 atom stereocenters. The highest BCUT2D eigenvalue weighted by atomic mass is 15.2. The number of rotatable bonds is 1. The van der Waals surface area contributed by atoms with Gasteiger partial charge in [0.1, 0.15) is 0 Å². The van der Waals surface area contributed by atoms with Gasteiger partial charge in [-0.3, -0.25) is 4.68 Å². The van der Waals surface area contributed by atoms with E-state index in [9.17, 15) is 0 Å². The number of aromatic nitrogens is 2. The third-order valence-corrected chi connectivity index (χ3v) is 2.69. The van der Waals surface area contributed by atoms with Gasteiger partial charge in [0.15, 0.2) is 0 Å². The largest absolute Gasteiger partial charge is 0.310 e. The Labute approximate surface area is 79.1 Å². The number of hydrogen-bond donors (Lipinski definition) is 1. The highest BCUT2D eigenvalue weighted by molar-refractivity contribution is 5.10.